The number of amides is 1. The first-order chi connectivity index (χ1) is 19.0. The van der Waals surface area contributed by atoms with Crippen LogP contribution in [0.5, 0.6) is 0 Å². The lowest BCUT2D eigenvalue weighted by Gasteiger charge is -2.29. The number of aliphatic hydroxyl groups excluding tert-OH is 1. The van der Waals surface area contributed by atoms with Crippen molar-refractivity contribution in [2.24, 2.45) is 5.73 Å². The molecule has 12 heteroatoms. The van der Waals surface area contributed by atoms with Gasteiger partial charge in [0.15, 0.2) is 17.2 Å². The van der Waals surface area contributed by atoms with Gasteiger partial charge in [-0.1, -0.05) is 12.8 Å². The van der Waals surface area contributed by atoms with Gasteiger partial charge in [-0.15, -0.1) is 22.7 Å². The molecule has 1 amide bonds. The smallest absolute Gasteiger partial charge is 0.269 e. The molecular weight excluding hydrogens is 538 g/mol. The number of carbonyl (C=O) groups excluding carboxylic acids is 1. The number of thiophene rings is 2. The summed E-state index contributed by atoms with van der Waals surface area (Å²) in [6.45, 7) is 2.53. The summed E-state index contributed by atoms with van der Waals surface area (Å²) >= 11 is 2.86. The number of ether oxygens (including phenoxy) is 1. The van der Waals surface area contributed by atoms with Crippen LogP contribution in [0.15, 0.2) is 44.4 Å². The number of nitrogens with one attached hydrogen (secondary N) is 2. The van der Waals surface area contributed by atoms with Crippen LogP contribution < -0.4 is 26.7 Å². The third-order valence-corrected chi connectivity index (χ3v) is 9.04. The molecule has 204 valence electrons. The maximum absolute atomic E-state index is 12.8. The Balaban J connectivity index is 1.28. The first-order valence-corrected chi connectivity index (χ1v) is 14.7. The second kappa shape index (κ2) is 11.0. The van der Waals surface area contributed by atoms with Gasteiger partial charge < -0.3 is 35.5 Å². The zero-order valence-electron chi connectivity index (χ0n) is 21.1. The van der Waals surface area contributed by atoms with Gasteiger partial charge in [0.05, 0.1) is 42.9 Å². The van der Waals surface area contributed by atoms with Crippen molar-refractivity contribution in [2.75, 3.05) is 41.8 Å². The molecule has 1 saturated carbocycles. The third kappa shape index (κ3) is 5.37. The van der Waals surface area contributed by atoms with Crippen molar-refractivity contribution in [1.29, 1.82) is 0 Å². The molecular formula is C27H29N5O5S2. The summed E-state index contributed by atoms with van der Waals surface area (Å²) < 4.78 is 12.3. The van der Waals surface area contributed by atoms with Crippen LogP contribution in [0.1, 0.15) is 36.2 Å². The van der Waals surface area contributed by atoms with Crippen molar-refractivity contribution in [3.63, 3.8) is 0 Å². The molecule has 0 aromatic carbocycles. The fourth-order valence-corrected chi connectivity index (χ4v) is 6.90. The average Bonchev–Trinajstić information content (AvgIpc) is 3.58. The minimum Gasteiger partial charge on any atom is -0.439 e. The number of nitrogens with zero attached hydrogens (tertiary/aromatic N) is 2. The number of pyridine rings is 1. The number of primary amides is 1. The first-order valence-electron chi connectivity index (χ1n) is 12.9. The minimum absolute atomic E-state index is 0.0616. The van der Waals surface area contributed by atoms with Gasteiger partial charge >= 0.3 is 0 Å². The van der Waals surface area contributed by atoms with Gasteiger partial charge in [0, 0.05) is 46.0 Å². The normalized spacial score (nSPS) is 19.8. The second-order valence-corrected chi connectivity index (χ2v) is 11.6. The van der Waals surface area contributed by atoms with E-state index < -0.39 is 12.0 Å². The molecule has 6 rings (SSSR count). The van der Waals surface area contributed by atoms with E-state index in [0.29, 0.717) is 53.8 Å². The van der Waals surface area contributed by atoms with Crippen LogP contribution in [0, 0.1) is 0 Å². The number of morpholine rings is 1. The van der Waals surface area contributed by atoms with Crippen molar-refractivity contribution in [3.05, 3.63) is 51.1 Å². The number of rotatable bonds is 7. The third-order valence-electron chi connectivity index (χ3n) is 7.10. The zero-order valence-corrected chi connectivity index (χ0v) is 22.8. The van der Waals surface area contributed by atoms with Crippen molar-refractivity contribution in [2.45, 2.75) is 37.8 Å². The molecule has 0 bridgehead atoms. The van der Waals surface area contributed by atoms with E-state index >= 15 is 0 Å². The Bertz CT molecular complexity index is 1560. The van der Waals surface area contributed by atoms with Gasteiger partial charge in [-0.05, 0) is 25.0 Å². The molecule has 0 spiro atoms. The second-order valence-electron chi connectivity index (χ2n) is 9.77. The number of nitrogens with two attached hydrogens (primary N) is 1. The molecule has 1 aliphatic heterocycles. The molecule has 2 fully saturated rings. The van der Waals surface area contributed by atoms with Crippen LogP contribution in [0.25, 0.3) is 20.7 Å². The predicted molar refractivity (Wildman–Crippen MR) is 155 cm³/mol. The standard InChI is InChI=1S/C27H29N5O5S2/c28-27(35)24-19(9-15(12-29-24)30-18-3-1-2-4-20(18)33)31-16-10-22(38-13-16)17-14-39-26-21(34)11-23(37-25(17)26)32-5-7-36-8-6-32/h9-14,18,20,30-31,33H,1-8H2,(H2,28,35)/t18-,20+/m1/s1. The van der Waals surface area contributed by atoms with Crippen LogP contribution in [-0.4, -0.2) is 54.4 Å². The number of aliphatic hydroxyl groups is 1. The van der Waals surface area contributed by atoms with Gasteiger partial charge in [-0.3, -0.25) is 9.59 Å². The lowest BCUT2D eigenvalue weighted by Crippen LogP contribution is -2.36. The lowest BCUT2D eigenvalue weighted by atomic mass is 9.92. The topological polar surface area (TPSA) is 143 Å². The van der Waals surface area contributed by atoms with Crippen LogP contribution >= 0.6 is 22.7 Å². The van der Waals surface area contributed by atoms with E-state index in [9.17, 15) is 14.7 Å². The fourth-order valence-electron chi connectivity index (χ4n) is 5.07. The Kier molecular flexibility index (Phi) is 7.26. The molecule has 2 atom stereocenters. The highest BCUT2D eigenvalue weighted by atomic mass is 32.1. The Hall–Kier alpha value is -3.45. The van der Waals surface area contributed by atoms with Crippen LogP contribution in [0.2, 0.25) is 0 Å². The zero-order chi connectivity index (χ0) is 26.9. The van der Waals surface area contributed by atoms with Gasteiger partial charge in [-0.2, -0.15) is 0 Å². The van der Waals surface area contributed by atoms with Crippen LogP contribution in [0.3, 0.4) is 0 Å². The number of fused-ring (bicyclic) bond motifs is 1. The summed E-state index contributed by atoms with van der Waals surface area (Å²) in [7, 11) is 0. The molecule has 1 aliphatic carbocycles. The summed E-state index contributed by atoms with van der Waals surface area (Å²) in [6.07, 6.45) is 4.84. The Morgan fingerprint density at radius 3 is 2.72 bits per heavy atom. The number of hydrogen-bond acceptors (Lipinski definition) is 11. The van der Waals surface area contributed by atoms with Gasteiger partial charge in [0.1, 0.15) is 4.70 Å². The monoisotopic (exact) mass is 567 g/mol. The van der Waals surface area contributed by atoms with E-state index in [1.54, 1.807) is 18.3 Å². The van der Waals surface area contributed by atoms with E-state index in [2.05, 4.69) is 15.6 Å². The van der Waals surface area contributed by atoms with Gasteiger partial charge in [-0.25, -0.2) is 4.98 Å². The maximum Gasteiger partial charge on any atom is 0.269 e. The van der Waals surface area contributed by atoms with Crippen molar-refractivity contribution >= 4 is 61.8 Å². The summed E-state index contributed by atoms with van der Waals surface area (Å²) in [4.78, 5) is 32.2. The Morgan fingerprint density at radius 1 is 1.10 bits per heavy atom. The molecule has 39 heavy (non-hydrogen) atoms. The predicted octanol–water partition coefficient (Wildman–Crippen LogP) is 4.37. The molecule has 2 aliphatic rings. The number of carbonyl (C=O) groups is 1. The molecule has 5 N–H and O–H groups in total. The van der Waals surface area contributed by atoms with E-state index in [0.717, 1.165) is 41.8 Å². The maximum atomic E-state index is 12.8. The highest BCUT2D eigenvalue weighted by Crippen LogP contribution is 2.39. The van der Waals surface area contributed by atoms with E-state index in [4.69, 9.17) is 14.9 Å². The molecule has 4 aromatic heterocycles. The van der Waals surface area contributed by atoms with Gasteiger partial charge in [0.2, 0.25) is 5.43 Å². The molecule has 0 radical (unpaired) electrons. The SMILES string of the molecule is NC(=O)c1ncc(N[C@@H]2CCCC[C@@H]2O)cc1Nc1csc(-c2csc3c(=O)cc(N4CCOCC4)oc23)c1. The van der Waals surface area contributed by atoms with Crippen molar-refractivity contribution in [1.82, 2.24) is 4.98 Å². The van der Waals surface area contributed by atoms with Crippen LogP contribution in [0.4, 0.5) is 22.9 Å². The molecule has 1 saturated heterocycles. The Labute approximate surface area is 232 Å². The summed E-state index contributed by atoms with van der Waals surface area (Å²) in [5.74, 6) is -0.0895. The average molecular weight is 568 g/mol. The molecule has 10 nitrogen and oxygen atoms in total. The molecule has 5 heterocycles. The number of anilines is 4. The summed E-state index contributed by atoms with van der Waals surface area (Å²) in [5, 5.41) is 20.8. The molecule has 4 aromatic rings. The van der Waals surface area contributed by atoms with Crippen LogP contribution in [-0.2, 0) is 4.74 Å². The van der Waals surface area contributed by atoms with E-state index in [1.165, 1.54) is 22.7 Å². The summed E-state index contributed by atoms with van der Waals surface area (Å²) in [6, 6.07) is 5.23. The highest BCUT2D eigenvalue weighted by molar-refractivity contribution is 7.19. The number of hydrogen-bond donors (Lipinski definition) is 4. The minimum atomic E-state index is -0.640. The largest absolute Gasteiger partial charge is 0.439 e. The van der Waals surface area contributed by atoms with E-state index in [-0.39, 0.29) is 17.2 Å². The van der Waals surface area contributed by atoms with Gasteiger partial charge in [0.25, 0.3) is 5.91 Å². The summed E-state index contributed by atoms with van der Waals surface area (Å²) in [5.41, 5.74) is 9.00. The van der Waals surface area contributed by atoms with Crippen molar-refractivity contribution < 1.29 is 19.1 Å². The first kappa shape index (κ1) is 25.8. The van der Waals surface area contributed by atoms with E-state index in [1.807, 2.05) is 21.7 Å². The molecule has 0 unspecified atom stereocenters. The Morgan fingerprint density at radius 2 is 1.92 bits per heavy atom. The fraction of sp³-hybridized carbons (Fsp3) is 0.370. The van der Waals surface area contributed by atoms with Crippen molar-refractivity contribution in [3.8, 4) is 10.4 Å². The highest BCUT2D eigenvalue weighted by Gasteiger charge is 2.24. The number of aromatic nitrogens is 1. The lowest BCUT2D eigenvalue weighted by molar-refractivity contribution is 0.0996. The quantitative estimate of drug-likeness (QED) is 0.256.